The molecule has 2 aliphatic heterocycles. The number of hydrogen-bond donors (Lipinski definition) is 1. The van der Waals surface area contributed by atoms with Gasteiger partial charge in [-0.25, -0.2) is 4.79 Å². The molecule has 1 aliphatic carbocycles. The highest BCUT2D eigenvalue weighted by Gasteiger charge is 2.44. The molecule has 2 heterocycles. The number of nitrogens with one attached hydrogen (secondary N) is 1. The first kappa shape index (κ1) is 21.5. The van der Waals surface area contributed by atoms with E-state index in [2.05, 4.69) is 45.5 Å². The Labute approximate surface area is 190 Å². The fourth-order valence-electron chi connectivity index (χ4n) is 4.04. The van der Waals surface area contributed by atoms with E-state index in [0.29, 0.717) is 5.17 Å². The average molecular weight is 491 g/mol. The Morgan fingerprint density at radius 3 is 2.93 bits per heavy atom. The quantitative estimate of drug-likeness (QED) is 0.517. The predicted molar refractivity (Wildman–Crippen MR) is 125 cm³/mol. The molecule has 1 spiro atoms. The number of thioether (sulfide) groups is 1. The molecule has 5 nitrogen and oxygen atoms in total. The first-order valence-corrected chi connectivity index (χ1v) is 12.1. The number of hydrogen-bond acceptors (Lipinski definition) is 5. The summed E-state index contributed by atoms with van der Waals surface area (Å²) in [7, 11) is 0. The third-order valence-electron chi connectivity index (χ3n) is 5.31. The molecule has 1 N–H and O–H groups in total. The van der Waals surface area contributed by atoms with Gasteiger partial charge in [0.1, 0.15) is 17.5 Å². The van der Waals surface area contributed by atoms with Gasteiger partial charge in [-0.15, -0.1) is 0 Å². The second-order valence-corrected chi connectivity index (χ2v) is 10.8. The molecule has 1 aromatic carbocycles. The van der Waals surface area contributed by atoms with Crippen LogP contribution in [0.5, 0.6) is 5.75 Å². The predicted octanol–water partition coefficient (Wildman–Crippen LogP) is 6.09. The van der Waals surface area contributed by atoms with Crippen molar-refractivity contribution >= 4 is 39.0 Å². The molecule has 0 aromatic heterocycles. The molecule has 160 valence electrons. The lowest BCUT2D eigenvalue weighted by Gasteiger charge is -2.42. The summed E-state index contributed by atoms with van der Waals surface area (Å²) in [6, 6.07) is 6.11. The minimum Gasteiger partial charge on any atom is -0.485 e. The summed E-state index contributed by atoms with van der Waals surface area (Å²) >= 11 is 5.16. The van der Waals surface area contributed by atoms with Crippen LogP contribution < -0.4 is 10.1 Å². The van der Waals surface area contributed by atoms with Crippen molar-refractivity contribution in [3.8, 4) is 5.75 Å². The molecule has 0 fully saturated rings. The van der Waals surface area contributed by atoms with Crippen molar-refractivity contribution in [3.63, 3.8) is 0 Å². The molecule has 3 aliphatic rings. The van der Waals surface area contributed by atoms with Gasteiger partial charge in [0, 0.05) is 22.2 Å². The Bertz CT molecular complexity index is 935. The number of nitrogens with zero attached hydrogens (tertiary/aromatic N) is 1. The Morgan fingerprint density at radius 2 is 2.20 bits per heavy atom. The van der Waals surface area contributed by atoms with Gasteiger partial charge in [-0.2, -0.15) is 0 Å². The lowest BCUT2D eigenvalue weighted by Crippen LogP contribution is -2.43. The number of ether oxygens (including phenoxy) is 2. The third-order valence-corrected chi connectivity index (χ3v) is 6.68. The fraction of sp³-hybridized carbons (Fsp3) is 0.478. The summed E-state index contributed by atoms with van der Waals surface area (Å²) < 4.78 is 12.8. The van der Waals surface area contributed by atoms with Crippen molar-refractivity contribution in [1.29, 1.82) is 0 Å². The van der Waals surface area contributed by atoms with Crippen molar-refractivity contribution < 1.29 is 14.3 Å². The highest BCUT2D eigenvalue weighted by Crippen LogP contribution is 2.49. The number of carbonyl (C=O) groups excluding carboxylic acids is 1. The topological polar surface area (TPSA) is 59.9 Å². The number of fused-ring (bicyclic) bond motifs is 2. The zero-order valence-corrected chi connectivity index (χ0v) is 19.9. The van der Waals surface area contributed by atoms with Crippen LogP contribution in [0.4, 0.5) is 4.79 Å². The number of allylic oxidation sites excluding steroid dienone is 2. The molecular formula is C23H27BrN2O3S. The first-order valence-electron chi connectivity index (χ1n) is 10.3. The van der Waals surface area contributed by atoms with Crippen LogP contribution >= 0.6 is 27.7 Å². The molecule has 2 atom stereocenters. The molecule has 1 amide bonds. The largest absolute Gasteiger partial charge is 0.485 e. The van der Waals surface area contributed by atoms with Crippen LogP contribution in [0.2, 0.25) is 0 Å². The monoisotopic (exact) mass is 490 g/mol. The van der Waals surface area contributed by atoms with Gasteiger partial charge in [-0.1, -0.05) is 45.9 Å². The maximum absolute atomic E-state index is 12.3. The van der Waals surface area contributed by atoms with Gasteiger partial charge in [-0.3, -0.25) is 10.3 Å². The van der Waals surface area contributed by atoms with E-state index in [0.717, 1.165) is 47.2 Å². The summed E-state index contributed by atoms with van der Waals surface area (Å²) in [4.78, 5) is 17.4. The number of carbonyl (C=O) groups is 1. The molecule has 30 heavy (non-hydrogen) atoms. The van der Waals surface area contributed by atoms with Crippen LogP contribution in [0.25, 0.3) is 0 Å². The standard InChI is InChI=1S/C23H27BrN2O3S/c1-22(2,3)29-21(27)25-20-26-23(11-12-30-20)14-19(15-7-5-4-6-8-15)28-18-10-9-16(24)13-17(18)23/h5,7-10,13,19H,4,6,11-12,14H2,1-3H3,(H,25,26,27). The van der Waals surface area contributed by atoms with Gasteiger partial charge in [0.05, 0.1) is 5.54 Å². The summed E-state index contributed by atoms with van der Waals surface area (Å²) in [5, 5.41) is 3.46. The molecule has 1 aromatic rings. The molecule has 0 bridgehead atoms. The summed E-state index contributed by atoms with van der Waals surface area (Å²) in [6.07, 6.45) is 9.87. The Morgan fingerprint density at radius 1 is 1.37 bits per heavy atom. The van der Waals surface area contributed by atoms with Gasteiger partial charge in [-0.05, 0) is 63.8 Å². The van der Waals surface area contributed by atoms with Crippen molar-refractivity contribution in [3.05, 3.63) is 52.0 Å². The van der Waals surface area contributed by atoms with E-state index >= 15 is 0 Å². The van der Waals surface area contributed by atoms with E-state index in [1.807, 2.05) is 32.9 Å². The van der Waals surface area contributed by atoms with Gasteiger partial charge in [0.25, 0.3) is 0 Å². The van der Waals surface area contributed by atoms with Gasteiger partial charge in [0.2, 0.25) is 0 Å². The maximum atomic E-state index is 12.3. The number of benzene rings is 1. The van der Waals surface area contributed by atoms with Crippen LogP contribution in [0.15, 0.2) is 51.5 Å². The number of amidine groups is 1. The maximum Gasteiger partial charge on any atom is 0.413 e. The van der Waals surface area contributed by atoms with Gasteiger partial charge < -0.3 is 9.47 Å². The minimum absolute atomic E-state index is 0.0511. The second kappa shape index (κ2) is 8.42. The molecule has 0 saturated carbocycles. The van der Waals surface area contributed by atoms with Crippen LogP contribution in [0.1, 0.15) is 52.0 Å². The van der Waals surface area contributed by atoms with Crippen LogP contribution in [0, 0.1) is 0 Å². The van der Waals surface area contributed by atoms with Crippen LogP contribution in [0.3, 0.4) is 0 Å². The molecule has 7 heteroatoms. The normalized spacial score (nSPS) is 25.7. The second-order valence-electron chi connectivity index (χ2n) is 8.81. The highest BCUT2D eigenvalue weighted by molar-refractivity contribution is 9.10. The number of rotatable bonds is 1. The summed E-state index contributed by atoms with van der Waals surface area (Å²) in [5.41, 5.74) is 1.29. The molecule has 0 radical (unpaired) electrons. The van der Waals surface area contributed by atoms with Gasteiger partial charge >= 0.3 is 6.09 Å². The zero-order chi connectivity index (χ0) is 21.4. The van der Waals surface area contributed by atoms with E-state index in [1.165, 1.54) is 5.57 Å². The Kier molecular flexibility index (Phi) is 6.04. The molecular weight excluding hydrogens is 464 g/mol. The van der Waals surface area contributed by atoms with Crippen molar-refractivity contribution in [1.82, 2.24) is 5.32 Å². The van der Waals surface area contributed by atoms with Gasteiger partial charge in [0.15, 0.2) is 5.17 Å². The smallest absolute Gasteiger partial charge is 0.413 e. The number of alkyl carbamates (subject to hydrolysis) is 1. The molecule has 0 saturated heterocycles. The van der Waals surface area contributed by atoms with E-state index in [4.69, 9.17) is 14.5 Å². The Balaban J connectivity index is 1.68. The average Bonchev–Trinajstić information content (AvgIpc) is 2.68. The summed E-state index contributed by atoms with van der Waals surface area (Å²) in [5.74, 6) is 1.73. The Hall–Kier alpha value is -1.73. The zero-order valence-electron chi connectivity index (χ0n) is 17.5. The minimum atomic E-state index is -0.553. The van der Waals surface area contributed by atoms with Crippen LogP contribution in [-0.2, 0) is 10.3 Å². The SMILES string of the molecule is CC(C)(C)OC(=O)NC1=NC2(CCS1)CC(C1=CCCC=C1)Oc1ccc(Br)cc12. The number of halogens is 1. The van der Waals surface area contributed by atoms with Crippen LogP contribution in [-0.4, -0.2) is 28.7 Å². The lowest BCUT2D eigenvalue weighted by atomic mass is 9.78. The van der Waals surface area contributed by atoms with E-state index in [9.17, 15) is 4.79 Å². The van der Waals surface area contributed by atoms with Crippen molar-refractivity contribution in [2.45, 2.75) is 63.7 Å². The third kappa shape index (κ3) is 4.78. The number of aliphatic imine (C=N–C) groups is 1. The molecule has 4 rings (SSSR count). The van der Waals surface area contributed by atoms with Crippen molar-refractivity contribution in [2.75, 3.05) is 5.75 Å². The molecule has 2 unspecified atom stereocenters. The first-order chi connectivity index (χ1) is 14.2. The van der Waals surface area contributed by atoms with E-state index in [1.54, 1.807) is 11.8 Å². The lowest BCUT2D eigenvalue weighted by molar-refractivity contribution is 0.0564. The van der Waals surface area contributed by atoms with E-state index < -0.39 is 17.2 Å². The summed E-state index contributed by atoms with van der Waals surface area (Å²) in [6.45, 7) is 5.56. The number of amides is 1. The van der Waals surface area contributed by atoms with Crippen molar-refractivity contribution in [2.24, 2.45) is 4.99 Å². The van der Waals surface area contributed by atoms with E-state index in [-0.39, 0.29) is 6.10 Å². The fourth-order valence-corrected chi connectivity index (χ4v) is 5.42. The highest BCUT2D eigenvalue weighted by atomic mass is 79.9.